The summed E-state index contributed by atoms with van der Waals surface area (Å²) in [5.74, 6) is -1.11. The average Bonchev–Trinajstić information content (AvgIpc) is 3.32. The molecule has 1 fully saturated rings. The van der Waals surface area contributed by atoms with Gasteiger partial charge in [0.2, 0.25) is 11.8 Å². The highest BCUT2D eigenvalue weighted by Crippen LogP contribution is 2.10. The van der Waals surface area contributed by atoms with Gasteiger partial charge in [-0.2, -0.15) is 0 Å². The van der Waals surface area contributed by atoms with E-state index in [-0.39, 0.29) is 30.8 Å². The Morgan fingerprint density at radius 1 is 0.933 bits per heavy atom. The first kappa shape index (κ1) is 21.5. The lowest BCUT2D eigenvalue weighted by Gasteiger charge is -2.28. The first-order valence-corrected chi connectivity index (χ1v) is 9.96. The fraction of sp³-hybridized carbons (Fsp3) is 0.381. The van der Waals surface area contributed by atoms with E-state index in [4.69, 9.17) is 9.15 Å². The number of carbonyl (C=O) groups is 3. The van der Waals surface area contributed by atoms with Crippen LogP contribution in [0.2, 0.25) is 0 Å². The summed E-state index contributed by atoms with van der Waals surface area (Å²) in [6.07, 6.45) is 1.38. The van der Waals surface area contributed by atoms with Gasteiger partial charge in [-0.05, 0) is 17.7 Å². The number of rotatable bonds is 9. The van der Waals surface area contributed by atoms with E-state index in [1.54, 1.807) is 6.07 Å². The van der Waals surface area contributed by atoms with E-state index in [1.807, 2.05) is 30.3 Å². The van der Waals surface area contributed by atoms with Gasteiger partial charge < -0.3 is 30.0 Å². The predicted molar refractivity (Wildman–Crippen MR) is 108 cm³/mol. The molecule has 160 valence electrons. The third-order valence-electron chi connectivity index (χ3n) is 4.83. The van der Waals surface area contributed by atoms with Gasteiger partial charge in [-0.1, -0.05) is 30.3 Å². The number of amides is 3. The third-order valence-corrected chi connectivity index (χ3v) is 4.83. The molecule has 0 aliphatic carbocycles. The van der Waals surface area contributed by atoms with Crippen LogP contribution in [-0.2, 0) is 14.3 Å². The summed E-state index contributed by atoms with van der Waals surface area (Å²) < 4.78 is 10.4. The Bertz CT molecular complexity index is 819. The summed E-state index contributed by atoms with van der Waals surface area (Å²) >= 11 is 0. The monoisotopic (exact) mass is 415 g/mol. The molecule has 1 aliphatic heterocycles. The van der Waals surface area contributed by atoms with Gasteiger partial charge in [0, 0.05) is 0 Å². The maximum Gasteiger partial charge on any atom is 0.287 e. The zero-order valence-electron chi connectivity index (χ0n) is 16.7. The number of benzene rings is 1. The van der Waals surface area contributed by atoms with Crippen LogP contribution < -0.4 is 20.9 Å². The number of quaternary nitrogens is 1. The fourth-order valence-corrected chi connectivity index (χ4v) is 3.23. The molecule has 1 aromatic heterocycles. The van der Waals surface area contributed by atoms with Crippen molar-refractivity contribution >= 4 is 17.7 Å². The van der Waals surface area contributed by atoms with Crippen LogP contribution in [0, 0.1) is 0 Å². The van der Waals surface area contributed by atoms with Crippen molar-refractivity contribution < 1.29 is 28.4 Å². The van der Waals surface area contributed by atoms with E-state index in [0.29, 0.717) is 13.2 Å². The molecular formula is C21H27N4O5+. The topological polar surface area (TPSA) is 114 Å². The normalized spacial score (nSPS) is 15.2. The molecule has 9 nitrogen and oxygen atoms in total. The SMILES string of the molecule is O=C(CNC(=O)c1ccco1)NCC(=O)N[C@@H](C[NH+]1CCOCC1)c1ccccc1. The molecule has 1 aliphatic rings. The van der Waals surface area contributed by atoms with Gasteiger partial charge in [0.25, 0.3) is 5.91 Å². The first-order valence-electron chi connectivity index (χ1n) is 9.96. The van der Waals surface area contributed by atoms with Gasteiger partial charge in [-0.25, -0.2) is 0 Å². The number of ether oxygens (including phenoxy) is 1. The second-order valence-corrected chi connectivity index (χ2v) is 7.03. The summed E-state index contributed by atoms with van der Waals surface area (Å²) in [4.78, 5) is 37.5. The second-order valence-electron chi connectivity index (χ2n) is 7.03. The highest BCUT2D eigenvalue weighted by Gasteiger charge is 2.23. The van der Waals surface area contributed by atoms with Gasteiger partial charge in [0.15, 0.2) is 5.76 Å². The lowest BCUT2D eigenvalue weighted by atomic mass is 10.1. The van der Waals surface area contributed by atoms with Crippen LogP contribution in [0.4, 0.5) is 0 Å². The van der Waals surface area contributed by atoms with Crippen LogP contribution in [0.25, 0.3) is 0 Å². The Hall–Kier alpha value is -3.17. The summed E-state index contributed by atoms with van der Waals surface area (Å²) in [5, 5.41) is 7.96. The van der Waals surface area contributed by atoms with Gasteiger partial charge in [-0.3, -0.25) is 14.4 Å². The molecule has 0 radical (unpaired) electrons. The van der Waals surface area contributed by atoms with E-state index in [2.05, 4.69) is 16.0 Å². The van der Waals surface area contributed by atoms with Crippen molar-refractivity contribution in [2.24, 2.45) is 0 Å². The largest absolute Gasteiger partial charge is 0.459 e. The Morgan fingerprint density at radius 2 is 1.67 bits per heavy atom. The van der Waals surface area contributed by atoms with Crippen molar-refractivity contribution in [3.8, 4) is 0 Å². The third kappa shape index (κ3) is 6.71. The molecule has 0 bridgehead atoms. The van der Waals surface area contributed by atoms with Crippen molar-refractivity contribution in [2.45, 2.75) is 6.04 Å². The molecule has 1 saturated heterocycles. The van der Waals surface area contributed by atoms with E-state index >= 15 is 0 Å². The minimum atomic E-state index is -0.489. The lowest BCUT2D eigenvalue weighted by Crippen LogP contribution is -3.14. The van der Waals surface area contributed by atoms with Crippen molar-refractivity contribution in [2.75, 3.05) is 45.9 Å². The molecule has 2 aromatic rings. The molecule has 0 spiro atoms. The Balaban J connectivity index is 1.46. The van der Waals surface area contributed by atoms with Gasteiger partial charge in [-0.15, -0.1) is 0 Å². The molecule has 4 N–H and O–H groups in total. The minimum absolute atomic E-state index is 0.122. The first-order chi connectivity index (χ1) is 14.6. The number of carbonyl (C=O) groups excluding carboxylic acids is 3. The molecule has 1 aromatic carbocycles. The molecule has 30 heavy (non-hydrogen) atoms. The lowest BCUT2D eigenvalue weighted by molar-refractivity contribution is -0.909. The van der Waals surface area contributed by atoms with Crippen LogP contribution in [0.5, 0.6) is 0 Å². The van der Waals surface area contributed by atoms with E-state index in [1.165, 1.54) is 17.2 Å². The standard InChI is InChI=1S/C21H26N4O5/c26-19(13-23-21(28)18-7-4-10-30-18)22-14-20(27)24-17(16-5-2-1-3-6-16)15-25-8-11-29-12-9-25/h1-7,10,17H,8-9,11-15H2,(H,22,26)(H,23,28)(H,24,27)/p+1/t17-/m0/s1. The maximum absolute atomic E-state index is 12.4. The smallest absolute Gasteiger partial charge is 0.287 e. The van der Waals surface area contributed by atoms with E-state index in [0.717, 1.165) is 25.2 Å². The quantitative estimate of drug-likeness (QED) is 0.415. The molecule has 3 rings (SSSR count). The van der Waals surface area contributed by atoms with Gasteiger partial charge in [0.1, 0.15) is 25.7 Å². The van der Waals surface area contributed by atoms with Crippen molar-refractivity contribution in [1.29, 1.82) is 0 Å². The molecule has 0 saturated carbocycles. The van der Waals surface area contributed by atoms with Crippen molar-refractivity contribution in [3.05, 3.63) is 60.1 Å². The Labute approximate surface area is 174 Å². The van der Waals surface area contributed by atoms with Crippen LogP contribution in [0.3, 0.4) is 0 Å². The summed E-state index contributed by atoms with van der Waals surface area (Å²) in [6, 6.07) is 12.7. The number of hydrogen-bond donors (Lipinski definition) is 4. The molecule has 1 atom stereocenters. The molecule has 3 amide bonds. The van der Waals surface area contributed by atoms with Crippen LogP contribution in [-0.4, -0.2) is 63.7 Å². The number of hydrogen-bond acceptors (Lipinski definition) is 5. The second kappa shape index (κ2) is 11.1. The highest BCUT2D eigenvalue weighted by molar-refractivity contribution is 5.94. The molecule has 9 heteroatoms. The summed E-state index contributed by atoms with van der Waals surface area (Å²) in [6.45, 7) is 3.54. The minimum Gasteiger partial charge on any atom is -0.459 e. The molecule has 2 heterocycles. The fourth-order valence-electron chi connectivity index (χ4n) is 3.23. The van der Waals surface area contributed by atoms with Crippen LogP contribution >= 0.6 is 0 Å². The van der Waals surface area contributed by atoms with Gasteiger partial charge >= 0.3 is 0 Å². The summed E-state index contributed by atoms with van der Waals surface area (Å²) in [5.41, 5.74) is 1.02. The summed E-state index contributed by atoms with van der Waals surface area (Å²) in [7, 11) is 0. The number of morpholine rings is 1. The molecular weight excluding hydrogens is 388 g/mol. The van der Waals surface area contributed by atoms with E-state index in [9.17, 15) is 14.4 Å². The number of nitrogens with one attached hydrogen (secondary N) is 4. The Kier molecular flexibility index (Phi) is 7.99. The maximum atomic E-state index is 12.4. The highest BCUT2D eigenvalue weighted by atomic mass is 16.5. The van der Waals surface area contributed by atoms with Crippen molar-refractivity contribution in [1.82, 2.24) is 16.0 Å². The zero-order valence-corrected chi connectivity index (χ0v) is 16.7. The van der Waals surface area contributed by atoms with E-state index < -0.39 is 11.8 Å². The van der Waals surface area contributed by atoms with Crippen molar-refractivity contribution in [3.63, 3.8) is 0 Å². The average molecular weight is 415 g/mol. The zero-order chi connectivity index (χ0) is 21.2. The van der Waals surface area contributed by atoms with Crippen LogP contribution in [0.15, 0.2) is 53.1 Å². The Morgan fingerprint density at radius 3 is 2.37 bits per heavy atom. The molecule has 0 unspecified atom stereocenters. The van der Waals surface area contributed by atoms with Crippen LogP contribution in [0.1, 0.15) is 22.2 Å². The number of furan rings is 1. The van der Waals surface area contributed by atoms with Gasteiger partial charge in [0.05, 0.1) is 32.6 Å². The predicted octanol–water partition coefficient (Wildman–Crippen LogP) is -1.10.